The van der Waals surface area contributed by atoms with Gasteiger partial charge in [0, 0.05) is 16.7 Å². The van der Waals surface area contributed by atoms with Gasteiger partial charge in [0.15, 0.2) is 0 Å². The number of nitrogens with one attached hydrogen (secondary N) is 2. The lowest BCUT2D eigenvalue weighted by atomic mass is 10.2. The highest BCUT2D eigenvalue weighted by atomic mass is 79.9. The molecule has 5 heteroatoms. The first-order valence-electron chi connectivity index (χ1n) is 6.56. The second-order valence-corrected chi connectivity index (χ2v) is 5.43. The van der Waals surface area contributed by atoms with Gasteiger partial charge in [-0.05, 0) is 42.0 Å². The number of carbonyl (C=O) groups excluding carboxylic acids is 1. The first-order valence-corrected chi connectivity index (χ1v) is 7.36. The number of anilines is 1. The molecule has 4 nitrogen and oxygen atoms in total. The molecule has 2 N–H and O–H groups in total. The summed E-state index contributed by atoms with van der Waals surface area (Å²) in [5.41, 5.74) is 1.86. The maximum atomic E-state index is 11.8. The Balaban J connectivity index is 1.77. The van der Waals surface area contributed by atoms with Gasteiger partial charge in [-0.2, -0.15) is 0 Å². The Kier molecular flexibility index (Phi) is 5.78. The van der Waals surface area contributed by atoms with Crippen LogP contribution in [0.5, 0.6) is 5.75 Å². The SMILES string of the molecule is COc1cccc(CNCC(=O)Nc2ccc(Br)cc2)c1. The number of benzene rings is 2. The Labute approximate surface area is 132 Å². The van der Waals surface area contributed by atoms with Crippen LogP contribution >= 0.6 is 15.9 Å². The van der Waals surface area contributed by atoms with E-state index in [-0.39, 0.29) is 12.5 Å². The number of hydrogen-bond acceptors (Lipinski definition) is 3. The lowest BCUT2D eigenvalue weighted by Gasteiger charge is -2.08. The summed E-state index contributed by atoms with van der Waals surface area (Å²) in [6, 6.07) is 15.2. The molecule has 1 amide bonds. The number of halogens is 1. The Morgan fingerprint density at radius 2 is 1.95 bits per heavy atom. The maximum Gasteiger partial charge on any atom is 0.238 e. The van der Waals surface area contributed by atoms with Crippen LogP contribution in [0.4, 0.5) is 5.69 Å². The van der Waals surface area contributed by atoms with Crippen molar-refractivity contribution in [2.45, 2.75) is 6.54 Å². The van der Waals surface area contributed by atoms with Crippen LogP contribution in [0.1, 0.15) is 5.56 Å². The largest absolute Gasteiger partial charge is 0.497 e. The van der Waals surface area contributed by atoms with Crippen LogP contribution in [0.3, 0.4) is 0 Å². The molecule has 0 atom stereocenters. The average Bonchev–Trinajstić information content (AvgIpc) is 2.50. The number of methoxy groups -OCH3 is 1. The minimum atomic E-state index is -0.0692. The molecule has 0 aliphatic heterocycles. The minimum absolute atomic E-state index is 0.0692. The molecule has 0 fully saturated rings. The van der Waals surface area contributed by atoms with Gasteiger partial charge in [0.25, 0.3) is 0 Å². The first kappa shape index (κ1) is 15.5. The van der Waals surface area contributed by atoms with Gasteiger partial charge in [-0.1, -0.05) is 28.1 Å². The zero-order valence-electron chi connectivity index (χ0n) is 11.7. The Morgan fingerprint density at radius 3 is 2.67 bits per heavy atom. The summed E-state index contributed by atoms with van der Waals surface area (Å²) in [5.74, 6) is 0.744. The van der Waals surface area contributed by atoms with Crippen molar-refractivity contribution in [2.24, 2.45) is 0 Å². The van der Waals surface area contributed by atoms with E-state index in [9.17, 15) is 4.79 Å². The van der Waals surface area contributed by atoms with Gasteiger partial charge in [-0.3, -0.25) is 4.79 Å². The van der Waals surface area contributed by atoms with Gasteiger partial charge < -0.3 is 15.4 Å². The van der Waals surface area contributed by atoms with E-state index in [4.69, 9.17) is 4.74 Å². The fraction of sp³-hybridized carbons (Fsp3) is 0.188. The summed E-state index contributed by atoms with van der Waals surface area (Å²) < 4.78 is 6.14. The lowest BCUT2D eigenvalue weighted by molar-refractivity contribution is -0.115. The summed E-state index contributed by atoms with van der Waals surface area (Å²) in [7, 11) is 1.64. The molecule has 0 radical (unpaired) electrons. The predicted octanol–water partition coefficient (Wildman–Crippen LogP) is 3.19. The molecule has 0 saturated carbocycles. The van der Waals surface area contributed by atoms with Crippen LogP contribution < -0.4 is 15.4 Å². The quantitative estimate of drug-likeness (QED) is 0.842. The fourth-order valence-electron chi connectivity index (χ4n) is 1.84. The maximum absolute atomic E-state index is 11.8. The number of rotatable bonds is 6. The number of ether oxygens (including phenoxy) is 1. The van der Waals surface area contributed by atoms with E-state index in [1.165, 1.54) is 0 Å². The van der Waals surface area contributed by atoms with Gasteiger partial charge in [0.05, 0.1) is 13.7 Å². The van der Waals surface area contributed by atoms with Crippen LogP contribution in [0.15, 0.2) is 53.0 Å². The molecule has 21 heavy (non-hydrogen) atoms. The summed E-state index contributed by atoms with van der Waals surface area (Å²) in [4.78, 5) is 11.8. The molecule has 0 unspecified atom stereocenters. The highest BCUT2D eigenvalue weighted by Crippen LogP contribution is 2.14. The summed E-state index contributed by atoms with van der Waals surface area (Å²) in [5, 5.41) is 5.94. The van der Waals surface area contributed by atoms with Crippen molar-refractivity contribution in [1.82, 2.24) is 5.32 Å². The Bertz CT molecular complexity index is 599. The van der Waals surface area contributed by atoms with Crippen molar-refractivity contribution < 1.29 is 9.53 Å². The van der Waals surface area contributed by atoms with Gasteiger partial charge in [-0.15, -0.1) is 0 Å². The van der Waals surface area contributed by atoms with E-state index in [2.05, 4.69) is 26.6 Å². The third-order valence-electron chi connectivity index (χ3n) is 2.88. The van der Waals surface area contributed by atoms with Crippen molar-refractivity contribution >= 4 is 27.5 Å². The van der Waals surface area contributed by atoms with E-state index >= 15 is 0 Å². The number of amides is 1. The first-order chi connectivity index (χ1) is 10.2. The summed E-state index contributed by atoms with van der Waals surface area (Å²) in [6.07, 6.45) is 0. The van der Waals surface area contributed by atoms with E-state index in [1.807, 2.05) is 48.5 Å². The van der Waals surface area contributed by atoms with Crippen molar-refractivity contribution in [3.8, 4) is 5.75 Å². The third kappa shape index (κ3) is 5.21. The molecule has 0 aliphatic rings. The molecule has 0 heterocycles. The van der Waals surface area contributed by atoms with Gasteiger partial charge in [0.1, 0.15) is 5.75 Å². The standard InChI is InChI=1S/C16H17BrN2O2/c1-21-15-4-2-3-12(9-15)10-18-11-16(20)19-14-7-5-13(17)6-8-14/h2-9,18H,10-11H2,1H3,(H,19,20). The normalized spacial score (nSPS) is 10.2. The molecule has 0 saturated heterocycles. The predicted molar refractivity (Wildman–Crippen MR) is 87.5 cm³/mol. The zero-order valence-corrected chi connectivity index (χ0v) is 13.3. The second kappa shape index (κ2) is 7.81. The monoisotopic (exact) mass is 348 g/mol. The summed E-state index contributed by atoms with van der Waals surface area (Å²) in [6.45, 7) is 0.873. The molecule has 110 valence electrons. The molecule has 2 aromatic rings. The summed E-state index contributed by atoms with van der Waals surface area (Å²) >= 11 is 3.36. The molecule has 0 bridgehead atoms. The molecular formula is C16H17BrN2O2. The molecular weight excluding hydrogens is 332 g/mol. The van der Waals surface area contributed by atoms with E-state index in [0.29, 0.717) is 6.54 Å². The molecule has 2 rings (SSSR count). The molecule has 0 aliphatic carbocycles. The fourth-order valence-corrected chi connectivity index (χ4v) is 2.11. The topological polar surface area (TPSA) is 50.4 Å². The molecule has 2 aromatic carbocycles. The highest BCUT2D eigenvalue weighted by Gasteiger charge is 2.02. The van der Waals surface area contributed by atoms with E-state index in [0.717, 1.165) is 21.5 Å². The van der Waals surface area contributed by atoms with Crippen molar-refractivity contribution in [3.05, 3.63) is 58.6 Å². The Morgan fingerprint density at radius 1 is 1.19 bits per heavy atom. The van der Waals surface area contributed by atoms with Crippen LogP contribution in [0, 0.1) is 0 Å². The van der Waals surface area contributed by atoms with E-state index < -0.39 is 0 Å². The highest BCUT2D eigenvalue weighted by molar-refractivity contribution is 9.10. The van der Waals surface area contributed by atoms with Crippen LogP contribution in [-0.2, 0) is 11.3 Å². The van der Waals surface area contributed by atoms with Gasteiger partial charge in [-0.25, -0.2) is 0 Å². The molecule has 0 spiro atoms. The zero-order chi connectivity index (χ0) is 15.1. The van der Waals surface area contributed by atoms with Crippen molar-refractivity contribution in [2.75, 3.05) is 19.0 Å². The van der Waals surface area contributed by atoms with E-state index in [1.54, 1.807) is 7.11 Å². The van der Waals surface area contributed by atoms with Crippen LogP contribution in [0.25, 0.3) is 0 Å². The lowest BCUT2D eigenvalue weighted by Crippen LogP contribution is -2.27. The van der Waals surface area contributed by atoms with Crippen LogP contribution in [-0.4, -0.2) is 19.6 Å². The molecule has 0 aromatic heterocycles. The van der Waals surface area contributed by atoms with Gasteiger partial charge in [0.2, 0.25) is 5.91 Å². The van der Waals surface area contributed by atoms with Crippen LogP contribution in [0.2, 0.25) is 0 Å². The number of hydrogen-bond donors (Lipinski definition) is 2. The second-order valence-electron chi connectivity index (χ2n) is 4.51. The van der Waals surface area contributed by atoms with Crippen molar-refractivity contribution in [1.29, 1.82) is 0 Å². The average molecular weight is 349 g/mol. The van der Waals surface area contributed by atoms with Crippen molar-refractivity contribution in [3.63, 3.8) is 0 Å². The number of carbonyl (C=O) groups is 1. The van der Waals surface area contributed by atoms with Gasteiger partial charge >= 0.3 is 0 Å². The third-order valence-corrected chi connectivity index (χ3v) is 3.41. The minimum Gasteiger partial charge on any atom is -0.497 e. The smallest absolute Gasteiger partial charge is 0.238 e. The Hall–Kier alpha value is -1.85.